The van der Waals surface area contributed by atoms with Crippen LogP contribution in [-0.4, -0.2) is 59.2 Å². The topological polar surface area (TPSA) is 68.2 Å². The van der Waals surface area contributed by atoms with Crippen LogP contribution >= 0.6 is 0 Å². The number of hydrogen-bond donors (Lipinski definition) is 1. The summed E-state index contributed by atoms with van der Waals surface area (Å²) in [4.78, 5) is 14.3. The number of carbonyl (C=O) groups is 1. The van der Waals surface area contributed by atoms with E-state index >= 15 is 0 Å². The molecular weight excluding hydrogens is 334 g/mol. The van der Waals surface area contributed by atoms with E-state index in [1.165, 1.54) is 0 Å². The number of morpholine rings is 1. The quantitative estimate of drug-likeness (QED) is 0.891. The van der Waals surface area contributed by atoms with Crippen molar-refractivity contribution < 1.29 is 24.1 Å². The van der Waals surface area contributed by atoms with Gasteiger partial charge in [0.15, 0.2) is 0 Å². The third-order valence-corrected chi connectivity index (χ3v) is 4.82. The maximum absolute atomic E-state index is 12.6. The van der Waals surface area contributed by atoms with Crippen LogP contribution in [0.4, 0.5) is 4.79 Å². The van der Waals surface area contributed by atoms with Crippen LogP contribution < -0.4 is 4.74 Å². The summed E-state index contributed by atoms with van der Waals surface area (Å²) in [6.07, 6.45) is 1.15. The van der Waals surface area contributed by atoms with E-state index in [1.54, 1.807) is 4.90 Å². The number of rotatable bonds is 4. The third kappa shape index (κ3) is 4.68. The highest BCUT2D eigenvalue weighted by atomic mass is 16.6. The zero-order valence-corrected chi connectivity index (χ0v) is 15.8. The van der Waals surface area contributed by atoms with Gasteiger partial charge in [-0.1, -0.05) is 18.2 Å². The zero-order valence-electron chi connectivity index (χ0n) is 15.8. The normalized spacial score (nSPS) is 28.5. The Labute approximate surface area is 155 Å². The first-order chi connectivity index (χ1) is 12.3. The van der Waals surface area contributed by atoms with Gasteiger partial charge in [0.25, 0.3) is 0 Å². The standard InChI is InChI=1S/C20H29NO5/c1-19(2,3)26-18(22)21-15-11-20(23,12-16(21)14-24-13-15)9-10-25-17-7-5-4-6-8-17/h4-8,15-16,23H,9-14H2,1-3H3. The fourth-order valence-electron chi connectivity index (χ4n) is 3.77. The van der Waals surface area contributed by atoms with Crippen LogP contribution in [0.5, 0.6) is 5.75 Å². The van der Waals surface area contributed by atoms with E-state index in [0.717, 1.165) is 5.75 Å². The smallest absolute Gasteiger partial charge is 0.410 e. The SMILES string of the molecule is CC(C)(C)OC(=O)N1C2COCC1CC(O)(CCOc1ccccc1)C2. The van der Waals surface area contributed by atoms with Crippen molar-refractivity contribution in [3.05, 3.63) is 30.3 Å². The van der Waals surface area contributed by atoms with Crippen molar-refractivity contribution >= 4 is 6.09 Å². The average molecular weight is 363 g/mol. The molecule has 0 spiro atoms. The predicted molar refractivity (Wildman–Crippen MR) is 97.2 cm³/mol. The summed E-state index contributed by atoms with van der Waals surface area (Å²) < 4.78 is 16.9. The summed E-state index contributed by atoms with van der Waals surface area (Å²) in [5.41, 5.74) is -1.39. The van der Waals surface area contributed by atoms with E-state index in [2.05, 4.69) is 0 Å². The highest BCUT2D eigenvalue weighted by molar-refractivity contribution is 5.69. The summed E-state index contributed by atoms with van der Waals surface area (Å²) in [5, 5.41) is 11.1. The van der Waals surface area contributed by atoms with E-state index in [-0.39, 0.29) is 18.2 Å². The van der Waals surface area contributed by atoms with Gasteiger partial charge in [-0.2, -0.15) is 0 Å². The Kier molecular flexibility index (Phi) is 5.44. The maximum atomic E-state index is 12.6. The van der Waals surface area contributed by atoms with Gasteiger partial charge in [-0.25, -0.2) is 4.79 Å². The summed E-state index contributed by atoms with van der Waals surface area (Å²) in [6, 6.07) is 9.25. The molecule has 2 heterocycles. The molecule has 2 saturated heterocycles. The zero-order chi connectivity index (χ0) is 18.8. The van der Waals surface area contributed by atoms with Gasteiger partial charge in [0.1, 0.15) is 11.4 Å². The summed E-state index contributed by atoms with van der Waals surface area (Å²) in [6.45, 7) is 6.87. The Balaban J connectivity index is 1.60. The number of benzene rings is 1. The molecular formula is C20H29NO5. The number of fused-ring (bicyclic) bond motifs is 2. The van der Waals surface area contributed by atoms with E-state index in [1.807, 2.05) is 51.1 Å². The van der Waals surface area contributed by atoms with Crippen LogP contribution in [0.15, 0.2) is 30.3 Å². The molecule has 0 saturated carbocycles. The Morgan fingerprint density at radius 1 is 1.23 bits per heavy atom. The van der Waals surface area contributed by atoms with Gasteiger partial charge >= 0.3 is 6.09 Å². The molecule has 0 aromatic heterocycles. The molecule has 0 aliphatic carbocycles. The highest BCUT2D eigenvalue weighted by Gasteiger charge is 2.48. The Morgan fingerprint density at radius 3 is 2.42 bits per heavy atom. The lowest BCUT2D eigenvalue weighted by Crippen LogP contribution is -2.64. The molecule has 1 aromatic rings. The van der Waals surface area contributed by atoms with Crippen molar-refractivity contribution in [1.82, 2.24) is 4.90 Å². The van der Waals surface area contributed by atoms with Crippen molar-refractivity contribution in [3.8, 4) is 5.75 Å². The van der Waals surface area contributed by atoms with Crippen molar-refractivity contribution in [1.29, 1.82) is 0 Å². The average Bonchev–Trinajstić information content (AvgIpc) is 2.53. The number of carbonyl (C=O) groups excluding carboxylic acids is 1. The number of amides is 1. The molecule has 6 heteroatoms. The molecule has 2 atom stereocenters. The van der Waals surface area contributed by atoms with E-state index in [4.69, 9.17) is 14.2 Å². The molecule has 144 valence electrons. The molecule has 3 rings (SSSR count). The number of hydrogen-bond acceptors (Lipinski definition) is 5. The van der Waals surface area contributed by atoms with E-state index in [9.17, 15) is 9.90 Å². The van der Waals surface area contributed by atoms with E-state index < -0.39 is 11.2 Å². The fourth-order valence-corrected chi connectivity index (χ4v) is 3.77. The molecule has 2 aliphatic heterocycles. The molecule has 2 aliphatic rings. The largest absolute Gasteiger partial charge is 0.493 e. The summed E-state index contributed by atoms with van der Waals surface area (Å²) >= 11 is 0. The van der Waals surface area contributed by atoms with Gasteiger partial charge in [-0.3, -0.25) is 4.90 Å². The van der Waals surface area contributed by atoms with Crippen LogP contribution in [0.3, 0.4) is 0 Å². The number of para-hydroxylation sites is 1. The summed E-state index contributed by atoms with van der Waals surface area (Å²) in [7, 11) is 0. The minimum Gasteiger partial charge on any atom is -0.493 e. The van der Waals surface area contributed by atoms with Gasteiger partial charge in [-0.05, 0) is 45.7 Å². The van der Waals surface area contributed by atoms with Crippen LogP contribution in [0.2, 0.25) is 0 Å². The number of aliphatic hydroxyl groups is 1. The lowest BCUT2D eigenvalue weighted by Gasteiger charge is -2.51. The minimum atomic E-state index is -0.855. The van der Waals surface area contributed by atoms with Crippen LogP contribution in [0, 0.1) is 0 Å². The predicted octanol–water partition coefficient (Wildman–Crippen LogP) is 2.98. The number of ether oxygens (including phenoxy) is 3. The molecule has 6 nitrogen and oxygen atoms in total. The molecule has 1 amide bonds. The maximum Gasteiger partial charge on any atom is 0.410 e. The van der Waals surface area contributed by atoms with Gasteiger partial charge in [0.05, 0.1) is 37.5 Å². The first kappa shape index (κ1) is 19.0. The Morgan fingerprint density at radius 2 is 1.85 bits per heavy atom. The molecule has 1 aromatic carbocycles. The second kappa shape index (κ2) is 7.45. The Bertz CT molecular complexity index is 598. The van der Waals surface area contributed by atoms with Crippen LogP contribution in [-0.2, 0) is 9.47 Å². The molecule has 0 radical (unpaired) electrons. The molecule has 2 unspecified atom stereocenters. The van der Waals surface area contributed by atoms with Crippen molar-refractivity contribution in [2.75, 3.05) is 19.8 Å². The third-order valence-electron chi connectivity index (χ3n) is 4.82. The van der Waals surface area contributed by atoms with Gasteiger partial charge in [-0.15, -0.1) is 0 Å². The van der Waals surface area contributed by atoms with E-state index in [0.29, 0.717) is 39.1 Å². The molecule has 1 N–H and O–H groups in total. The minimum absolute atomic E-state index is 0.168. The molecule has 2 bridgehead atoms. The lowest BCUT2D eigenvalue weighted by molar-refractivity contribution is -0.141. The van der Waals surface area contributed by atoms with Crippen molar-refractivity contribution in [3.63, 3.8) is 0 Å². The molecule has 2 fully saturated rings. The van der Waals surface area contributed by atoms with Gasteiger partial charge < -0.3 is 19.3 Å². The monoisotopic (exact) mass is 363 g/mol. The second-order valence-electron chi connectivity index (χ2n) is 8.28. The van der Waals surface area contributed by atoms with Crippen LogP contribution in [0.1, 0.15) is 40.0 Å². The highest BCUT2D eigenvalue weighted by Crippen LogP contribution is 2.37. The van der Waals surface area contributed by atoms with Crippen molar-refractivity contribution in [2.24, 2.45) is 0 Å². The first-order valence-electron chi connectivity index (χ1n) is 9.25. The second-order valence-corrected chi connectivity index (χ2v) is 8.28. The van der Waals surface area contributed by atoms with Gasteiger partial charge in [0, 0.05) is 6.42 Å². The Hall–Kier alpha value is -1.79. The number of piperidine rings is 1. The first-order valence-corrected chi connectivity index (χ1v) is 9.25. The lowest BCUT2D eigenvalue weighted by atomic mass is 9.79. The molecule has 26 heavy (non-hydrogen) atoms. The fraction of sp³-hybridized carbons (Fsp3) is 0.650. The summed E-state index contributed by atoms with van der Waals surface area (Å²) in [5.74, 6) is 0.797. The van der Waals surface area contributed by atoms with Gasteiger partial charge in [0.2, 0.25) is 0 Å². The van der Waals surface area contributed by atoms with Crippen LogP contribution in [0.25, 0.3) is 0 Å². The van der Waals surface area contributed by atoms with Crippen molar-refractivity contribution in [2.45, 2.75) is 63.3 Å². The number of nitrogens with zero attached hydrogens (tertiary/aromatic N) is 1.